The van der Waals surface area contributed by atoms with Crippen molar-refractivity contribution in [2.45, 2.75) is 39.3 Å². The molecule has 0 amide bonds. The fourth-order valence-electron chi connectivity index (χ4n) is 3.48. The standard InChI is InChI=1S/C17H29N3S/c1-14(2)11-16-3-4-17(21-16)13-19-7-9-20(10-8-19)15-5-6-18-12-15/h3-4,14-15,18H,5-13H2,1-2H3/t15-/m0/s1. The zero-order chi connectivity index (χ0) is 14.7. The average Bonchev–Trinajstić information content (AvgIpc) is 3.11. The van der Waals surface area contributed by atoms with E-state index in [2.05, 4.69) is 41.1 Å². The lowest BCUT2D eigenvalue weighted by atomic mass is 10.1. The quantitative estimate of drug-likeness (QED) is 0.901. The molecule has 2 aliphatic rings. The van der Waals surface area contributed by atoms with Gasteiger partial charge < -0.3 is 5.32 Å². The summed E-state index contributed by atoms with van der Waals surface area (Å²) in [4.78, 5) is 8.41. The second-order valence-electron chi connectivity index (χ2n) is 6.92. The molecule has 3 nitrogen and oxygen atoms in total. The smallest absolute Gasteiger partial charge is 0.0329 e. The van der Waals surface area contributed by atoms with Gasteiger partial charge in [0, 0.05) is 55.1 Å². The Balaban J connectivity index is 1.45. The number of nitrogens with one attached hydrogen (secondary N) is 1. The molecule has 2 aliphatic heterocycles. The summed E-state index contributed by atoms with van der Waals surface area (Å²) in [6, 6.07) is 5.47. The molecule has 2 saturated heterocycles. The van der Waals surface area contributed by atoms with Crippen LogP contribution in [0.2, 0.25) is 0 Å². The highest BCUT2D eigenvalue weighted by molar-refractivity contribution is 7.11. The molecule has 0 aromatic carbocycles. The van der Waals surface area contributed by atoms with Gasteiger partial charge in [0.25, 0.3) is 0 Å². The van der Waals surface area contributed by atoms with E-state index in [1.165, 1.54) is 52.1 Å². The van der Waals surface area contributed by atoms with E-state index in [0.29, 0.717) is 0 Å². The molecule has 4 heteroatoms. The Kier molecular flexibility index (Phi) is 5.33. The van der Waals surface area contributed by atoms with Crippen LogP contribution in [0.1, 0.15) is 30.0 Å². The molecule has 21 heavy (non-hydrogen) atoms. The Hall–Kier alpha value is -0.420. The Morgan fingerprint density at radius 3 is 2.62 bits per heavy atom. The summed E-state index contributed by atoms with van der Waals surface area (Å²) in [6.45, 7) is 13.1. The van der Waals surface area contributed by atoms with Gasteiger partial charge in [0.05, 0.1) is 0 Å². The van der Waals surface area contributed by atoms with Gasteiger partial charge in [-0.2, -0.15) is 0 Å². The molecule has 0 spiro atoms. The minimum Gasteiger partial charge on any atom is -0.315 e. The third kappa shape index (κ3) is 4.28. The summed E-state index contributed by atoms with van der Waals surface area (Å²) in [7, 11) is 0. The molecule has 3 rings (SSSR count). The fraction of sp³-hybridized carbons (Fsp3) is 0.765. The average molecular weight is 308 g/mol. The molecule has 0 radical (unpaired) electrons. The van der Waals surface area contributed by atoms with Crippen molar-refractivity contribution in [3.05, 3.63) is 21.9 Å². The molecule has 1 aromatic heterocycles. The van der Waals surface area contributed by atoms with Crippen LogP contribution in [0.4, 0.5) is 0 Å². The first-order valence-corrected chi connectivity index (χ1v) is 9.27. The van der Waals surface area contributed by atoms with Crippen molar-refractivity contribution in [3.8, 4) is 0 Å². The molecule has 3 heterocycles. The molecule has 0 unspecified atom stereocenters. The summed E-state index contributed by atoms with van der Waals surface area (Å²) >= 11 is 2.02. The van der Waals surface area contributed by atoms with Gasteiger partial charge in [0.2, 0.25) is 0 Å². The summed E-state index contributed by atoms with van der Waals surface area (Å²) in [5.41, 5.74) is 0. The van der Waals surface area contributed by atoms with Crippen LogP contribution in [-0.4, -0.2) is 55.1 Å². The van der Waals surface area contributed by atoms with Gasteiger partial charge in [0.15, 0.2) is 0 Å². The van der Waals surface area contributed by atoms with Crippen LogP contribution in [0.5, 0.6) is 0 Å². The maximum atomic E-state index is 3.49. The molecule has 0 saturated carbocycles. The lowest BCUT2D eigenvalue weighted by Gasteiger charge is -2.37. The number of piperazine rings is 1. The number of hydrogen-bond acceptors (Lipinski definition) is 4. The van der Waals surface area contributed by atoms with E-state index in [4.69, 9.17) is 0 Å². The molecule has 118 valence electrons. The van der Waals surface area contributed by atoms with Crippen LogP contribution in [0.3, 0.4) is 0 Å². The van der Waals surface area contributed by atoms with Crippen LogP contribution in [0, 0.1) is 5.92 Å². The summed E-state index contributed by atoms with van der Waals surface area (Å²) in [6.07, 6.45) is 2.57. The van der Waals surface area contributed by atoms with Crippen LogP contribution < -0.4 is 5.32 Å². The largest absolute Gasteiger partial charge is 0.315 e. The summed E-state index contributed by atoms with van der Waals surface area (Å²) in [5.74, 6) is 0.764. The molecular formula is C17H29N3S. The number of nitrogens with zero attached hydrogens (tertiary/aromatic N) is 2. The molecule has 1 N–H and O–H groups in total. The van der Waals surface area contributed by atoms with E-state index in [1.54, 1.807) is 9.75 Å². The Morgan fingerprint density at radius 2 is 1.95 bits per heavy atom. The Labute approximate surface area is 133 Å². The minimum absolute atomic E-state index is 0.764. The first-order valence-electron chi connectivity index (χ1n) is 8.45. The van der Waals surface area contributed by atoms with E-state index in [9.17, 15) is 0 Å². The van der Waals surface area contributed by atoms with Gasteiger partial charge in [-0.25, -0.2) is 0 Å². The fourth-order valence-corrected chi connectivity index (χ4v) is 4.75. The van der Waals surface area contributed by atoms with Crippen molar-refractivity contribution in [2.75, 3.05) is 39.3 Å². The van der Waals surface area contributed by atoms with E-state index >= 15 is 0 Å². The zero-order valence-corrected chi connectivity index (χ0v) is 14.3. The molecular weight excluding hydrogens is 278 g/mol. The molecule has 2 fully saturated rings. The second kappa shape index (κ2) is 7.23. The Morgan fingerprint density at radius 1 is 1.19 bits per heavy atom. The molecule has 0 aliphatic carbocycles. The first kappa shape index (κ1) is 15.5. The Bertz CT molecular complexity index is 429. The van der Waals surface area contributed by atoms with Gasteiger partial charge in [0.1, 0.15) is 0 Å². The highest BCUT2D eigenvalue weighted by Gasteiger charge is 2.25. The van der Waals surface area contributed by atoms with Crippen molar-refractivity contribution >= 4 is 11.3 Å². The van der Waals surface area contributed by atoms with E-state index in [0.717, 1.165) is 18.5 Å². The summed E-state index contributed by atoms with van der Waals surface area (Å²) in [5, 5.41) is 3.49. The van der Waals surface area contributed by atoms with E-state index < -0.39 is 0 Å². The second-order valence-corrected chi connectivity index (χ2v) is 8.18. The lowest BCUT2D eigenvalue weighted by molar-refractivity contribution is 0.0988. The molecule has 0 bridgehead atoms. The maximum Gasteiger partial charge on any atom is 0.0329 e. The van der Waals surface area contributed by atoms with Crippen LogP contribution in [0.15, 0.2) is 12.1 Å². The van der Waals surface area contributed by atoms with Gasteiger partial charge in [-0.05, 0) is 37.4 Å². The van der Waals surface area contributed by atoms with Crippen molar-refractivity contribution in [3.63, 3.8) is 0 Å². The predicted molar refractivity (Wildman–Crippen MR) is 91.0 cm³/mol. The SMILES string of the molecule is CC(C)Cc1ccc(CN2CCN([C@H]3CCNC3)CC2)s1. The highest BCUT2D eigenvalue weighted by atomic mass is 32.1. The summed E-state index contributed by atoms with van der Waals surface area (Å²) < 4.78 is 0. The van der Waals surface area contributed by atoms with E-state index in [-0.39, 0.29) is 0 Å². The third-order valence-electron chi connectivity index (χ3n) is 4.66. The third-order valence-corrected chi connectivity index (χ3v) is 5.76. The topological polar surface area (TPSA) is 18.5 Å². The van der Waals surface area contributed by atoms with Gasteiger partial charge in [-0.1, -0.05) is 13.8 Å². The zero-order valence-electron chi connectivity index (χ0n) is 13.5. The lowest BCUT2D eigenvalue weighted by Crippen LogP contribution is -2.50. The molecule has 1 atom stereocenters. The van der Waals surface area contributed by atoms with Crippen LogP contribution in [-0.2, 0) is 13.0 Å². The van der Waals surface area contributed by atoms with Crippen molar-refractivity contribution in [1.82, 2.24) is 15.1 Å². The monoisotopic (exact) mass is 307 g/mol. The van der Waals surface area contributed by atoms with Gasteiger partial charge in [-0.15, -0.1) is 11.3 Å². The number of rotatable bonds is 5. The van der Waals surface area contributed by atoms with Crippen LogP contribution >= 0.6 is 11.3 Å². The minimum atomic E-state index is 0.764. The number of thiophene rings is 1. The van der Waals surface area contributed by atoms with Gasteiger partial charge >= 0.3 is 0 Å². The maximum absolute atomic E-state index is 3.49. The van der Waals surface area contributed by atoms with Crippen LogP contribution in [0.25, 0.3) is 0 Å². The van der Waals surface area contributed by atoms with Crippen molar-refractivity contribution in [2.24, 2.45) is 5.92 Å². The van der Waals surface area contributed by atoms with Gasteiger partial charge in [-0.3, -0.25) is 9.80 Å². The van der Waals surface area contributed by atoms with Crippen molar-refractivity contribution < 1.29 is 0 Å². The first-order chi connectivity index (χ1) is 10.2. The number of hydrogen-bond donors (Lipinski definition) is 1. The van der Waals surface area contributed by atoms with Crippen molar-refractivity contribution in [1.29, 1.82) is 0 Å². The molecule has 1 aromatic rings. The normalized spacial score (nSPS) is 25.0. The highest BCUT2D eigenvalue weighted by Crippen LogP contribution is 2.22. The van der Waals surface area contributed by atoms with E-state index in [1.807, 2.05) is 11.3 Å². The predicted octanol–water partition coefficient (Wildman–Crippen LogP) is 2.43.